The van der Waals surface area contributed by atoms with Crippen LogP contribution in [-0.4, -0.2) is 34.2 Å². The minimum Gasteiger partial charge on any atom is -0.381 e. The van der Waals surface area contributed by atoms with E-state index in [1.54, 1.807) is 12.5 Å². The molecule has 8 heteroatoms. The lowest BCUT2D eigenvalue weighted by molar-refractivity contribution is -0.124. The van der Waals surface area contributed by atoms with Gasteiger partial charge in [-0.2, -0.15) is 0 Å². The first-order valence-electron chi connectivity index (χ1n) is 6.94. The molecule has 1 aliphatic heterocycles. The fourth-order valence-electron chi connectivity index (χ4n) is 2.35. The Morgan fingerprint density at radius 2 is 1.87 bits per heavy atom. The normalized spacial score (nSPS) is 15.9. The standard InChI is InChI=1S/C15H18N4O2.2ClH/c16-15(5-9-21-10-6-15)14(20)18-12-1-3-13(4-2-12)19-8-7-17-11-19;;/h1-4,7-8,11H,5-6,9-10,16H2,(H,18,20);2*1H. The molecule has 0 radical (unpaired) electrons. The first kappa shape index (κ1) is 19.4. The Labute approximate surface area is 147 Å². The number of ether oxygens (including phenoxy) is 1. The van der Waals surface area contributed by atoms with Crippen molar-refractivity contribution in [3.63, 3.8) is 0 Å². The Morgan fingerprint density at radius 3 is 2.43 bits per heavy atom. The summed E-state index contributed by atoms with van der Waals surface area (Å²) < 4.78 is 7.15. The van der Waals surface area contributed by atoms with E-state index in [-0.39, 0.29) is 30.7 Å². The number of halogens is 2. The van der Waals surface area contributed by atoms with Crippen LogP contribution in [-0.2, 0) is 9.53 Å². The molecule has 0 spiro atoms. The van der Waals surface area contributed by atoms with Crippen LogP contribution in [0.25, 0.3) is 5.69 Å². The zero-order chi connectivity index (χ0) is 14.7. The summed E-state index contributed by atoms with van der Waals surface area (Å²) >= 11 is 0. The summed E-state index contributed by atoms with van der Waals surface area (Å²) in [6.45, 7) is 1.06. The zero-order valence-electron chi connectivity index (χ0n) is 12.5. The van der Waals surface area contributed by atoms with Gasteiger partial charge in [-0.1, -0.05) is 0 Å². The van der Waals surface area contributed by atoms with Crippen LogP contribution in [0.15, 0.2) is 43.0 Å². The van der Waals surface area contributed by atoms with E-state index >= 15 is 0 Å². The largest absolute Gasteiger partial charge is 0.381 e. The lowest BCUT2D eigenvalue weighted by Gasteiger charge is -2.31. The highest BCUT2D eigenvalue weighted by molar-refractivity contribution is 5.98. The van der Waals surface area contributed by atoms with Crippen molar-refractivity contribution in [3.8, 4) is 5.69 Å². The molecule has 2 aromatic rings. The molecule has 6 nitrogen and oxygen atoms in total. The van der Waals surface area contributed by atoms with Crippen molar-refractivity contribution in [2.75, 3.05) is 18.5 Å². The third-order valence-corrected chi connectivity index (χ3v) is 3.76. The smallest absolute Gasteiger partial charge is 0.244 e. The molecule has 1 aromatic heterocycles. The predicted octanol–water partition coefficient (Wildman–Crippen LogP) is 2.16. The lowest BCUT2D eigenvalue weighted by Crippen LogP contribution is -2.54. The van der Waals surface area contributed by atoms with Gasteiger partial charge in [0.1, 0.15) is 5.54 Å². The summed E-state index contributed by atoms with van der Waals surface area (Å²) in [6.07, 6.45) is 6.41. The molecule has 1 aromatic carbocycles. The summed E-state index contributed by atoms with van der Waals surface area (Å²) in [5.41, 5.74) is 7.04. The molecule has 1 fully saturated rings. The zero-order valence-corrected chi connectivity index (χ0v) is 14.1. The van der Waals surface area contributed by atoms with Crippen LogP contribution >= 0.6 is 24.8 Å². The molecule has 0 atom stereocenters. The highest BCUT2D eigenvalue weighted by Gasteiger charge is 2.35. The van der Waals surface area contributed by atoms with Crippen LogP contribution in [0.3, 0.4) is 0 Å². The lowest BCUT2D eigenvalue weighted by atomic mass is 9.90. The summed E-state index contributed by atoms with van der Waals surface area (Å²) in [4.78, 5) is 16.3. The SMILES string of the molecule is Cl.Cl.NC1(C(=O)Nc2ccc(-n3ccnc3)cc2)CCOCC1. The predicted molar refractivity (Wildman–Crippen MR) is 93.7 cm³/mol. The number of rotatable bonds is 3. The van der Waals surface area contributed by atoms with Gasteiger partial charge in [0.15, 0.2) is 0 Å². The van der Waals surface area contributed by atoms with Crippen molar-refractivity contribution in [2.45, 2.75) is 18.4 Å². The Hall–Kier alpha value is -1.60. The second-order valence-electron chi connectivity index (χ2n) is 5.24. The molecule has 1 amide bonds. The van der Waals surface area contributed by atoms with Gasteiger partial charge in [0.2, 0.25) is 5.91 Å². The molecule has 126 valence electrons. The first-order chi connectivity index (χ1) is 10.2. The van der Waals surface area contributed by atoms with Gasteiger partial charge in [-0.25, -0.2) is 4.98 Å². The summed E-state index contributed by atoms with van der Waals surface area (Å²) in [5.74, 6) is -0.152. The number of nitrogens with one attached hydrogen (secondary N) is 1. The van der Waals surface area contributed by atoms with Gasteiger partial charge < -0.3 is 20.4 Å². The molecule has 2 heterocycles. The number of aromatic nitrogens is 2. The Morgan fingerprint density at radius 1 is 1.22 bits per heavy atom. The number of anilines is 1. The fraction of sp³-hybridized carbons (Fsp3) is 0.333. The van der Waals surface area contributed by atoms with Gasteiger partial charge >= 0.3 is 0 Å². The van der Waals surface area contributed by atoms with Gasteiger partial charge in [-0.05, 0) is 37.1 Å². The maximum atomic E-state index is 12.3. The van der Waals surface area contributed by atoms with E-state index < -0.39 is 5.54 Å². The number of benzene rings is 1. The third-order valence-electron chi connectivity index (χ3n) is 3.76. The van der Waals surface area contributed by atoms with Gasteiger partial charge in [0, 0.05) is 37.0 Å². The number of nitrogens with two attached hydrogens (primary N) is 1. The number of imidazole rings is 1. The number of nitrogens with zero attached hydrogens (tertiary/aromatic N) is 2. The highest BCUT2D eigenvalue weighted by atomic mass is 35.5. The summed E-state index contributed by atoms with van der Waals surface area (Å²) in [7, 11) is 0. The Kier molecular flexibility index (Phi) is 7.02. The fourth-order valence-corrected chi connectivity index (χ4v) is 2.35. The second kappa shape index (κ2) is 8.31. The van der Waals surface area contributed by atoms with E-state index in [0.717, 1.165) is 11.4 Å². The molecule has 1 aliphatic rings. The minimum atomic E-state index is -0.832. The van der Waals surface area contributed by atoms with Crippen LogP contribution in [0.2, 0.25) is 0 Å². The maximum absolute atomic E-state index is 12.3. The molecule has 1 saturated heterocycles. The minimum absolute atomic E-state index is 0. The van der Waals surface area contributed by atoms with Crippen molar-refractivity contribution in [2.24, 2.45) is 5.73 Å². The molecule has 0 aliphatic carbocycles. The van der Waals surface area contributed by atoms with Gasteiger partial charge in [0.05, 0.1) is 6.33 Å². The van der Waals surface area contributed by atoms with Gasteiger partial charge in [0.25, 0.3) is 0 Å². The molecule has 23 heavy (non-hydrogen) atoms. The van der Waals surface area contributed by atoms with E-state index in [9.17, 15) is 4.79 Å². The Bertz CT molecular complexity index is 611. The van der Waals surface area contributed by atoms with Gasteiger partial charge in [-0.3, -0.25) is 4.79 Å². The molecular weight excluding hydrogens is 339 g/mol. The first-order valence-corrected chi connectivity index (χ1v) is 6.94. The van der Waals surface area contributed by atoms with E-state index in [1.807, 2.05) is 35.0 Å². The molecular formula is C15H20Cl2N4O2. The second-order valence-corrected chi connectivity index (χ2v) is 5.24. The highest BCUT2D eigenvalue weighted by Crippen LogP contribution is 2.21. The molecule has 3 N–H and O–H groups in total. The summed E-state index contributed by atoms with van der Waals surface area (Å²) in [5, 5.41) is 2.88. The van der Waals surface area contributed by atoms with Crippen LogP contribution in [0.4, 0.5) is 5.69 Å². The molecule has 0 saturated carbocycles. The number of carbonyl (C=O) groups excluding carboxylic acids is 1. The van der Waals surface area contributed by atoms with Crippen LogP contribution in [0.5, 0.6) is 0 Å². The van der Waals surface area contributed by atoms with Crippen molar-refractivity contribution >= 4 is 36.4 Å². The van der Waals surface area contributed by atoms with Crippen molar-refractivity contribution in [1.82, 2.24) is 9.55 Å². The van der Waals surface area contributed by atoms with E-state index in [2.05, 4.69) is 10.3 Å². The molecule has 0 bridgehead atoms. The Balaban J connectivity index is 0.00000132. The molecule has 0 unspecified atom stereocenters. The average Bonchev–Trinajstić information content (AvgIpc) is 3.03. The van der Waals surface area contributed by atoms with E-state index in [4.69, 9.17) is 10.5 Å². The van der Waals surface area contributed by atoms with Crippen molar-refractivity contribution in [3.05, 3.63) is 43.0 Å². The quantitative estimate of drug-likeness (QED) is 0.880. The van der Waals surface area contributed by atoms with Crippen molar-refractivity contribution in [1.29, 1.82) is 0 Å². The van der Waals surface area contributed by atoms with Gasteiger partial charge in [-0.15, -0.1) is 24.8 Å². The summed E-state index contributed by atoms with van der Waals surface area (Å²) in [6, 6.07) is 7.56. The molecule has 3 rings (SSSR count). The van der Waals surface area contributed by atoms with Crippen LogP contribution < -0.4 is 11.1 Å². The number of carbonyl (C=O) groups is 1. The van der Waals surface area contributed by atoms with Crippen molar-refractivity contribution < 1.29 is 9.53 Å². The third kappa shape index (κ3) is 4.45. The maximum Gasteiger partial charge on any atom is 0.244 e. The van der Waals surface area contributed by atoms with E-state index in [1.165, 1.54) is 0 Å². The number of hydrogen-bond donors (Lipinski definition) is 2. The van der Waals surface area contributed by atoms with E-state index in [0.29, 0.717) is 26.1 Å². The monoisotopic (exact) mass is 358 g/mol. The number of amides is 1. The van der Waals surface area contributed by atoms with Crippen LogP contribution in [0.1, 0.15) is 12.8 Å². The average molecular weight is 359 g/mol. The van der Waals surface area contributed by atoms with Crippen LogP contribution in [0, 0.1) is 0 Å². The topological polar surface area (TPSA) is 82.2 Å². The number of hydrogen-bond acceptors (Lipinski definition) is 4.